The van der Waals surface area contributed by atoms with E-state index in [0.717, 1.165) is 24.9 Å². The second-order valence-corrected chi connectivity index (χ2v) is 6.29. The van der Waals surface area contributed by atoms with Gasteiger partial charge in [0.15, 0.2) is 0 Å². The highest BCUT2D eigenvalue weighted by Gasteiger charge is 2.41. The summed E-state index contributed by atoms with van der Waals surface area (Å²) < 4.78 is 0. The first-order valence-electron chi connectivity index (χ1n) is 7.21. The lowest BCUT2D eigenvalue weighted by molar-refractivity contribution is 0.0897. The number of nitrogens with one attached hydrogen (secondary N) is 1. The summed E-state index contributed by atoms with van der Waals surface area (Å²) in [7, 11) is 4.04. The Morgan fingerprint density at radius 3 is 2.50 bits per heavy atom. The lowest BCUT2D eigenvalue weighted by Gasteiger charge is -2.29. The van der Waals surface area contributed by atoms with Crippen LogP contribution >= 0.6 is 24.8 Å². The zero-order valence-electron chi connectivity index (χ0n) is 13.5. The van der Waals surface area contributed by atoms with E-state index in [9.17, 15) is 4.79 Å². The average Bonchev–Trinajstić information content (AvgIpc) is 3.22. The molecule has 0 bridgehead atoms. The first kappa shape index (κ1) is 21.2. The van der Waals surface area contributed by atoms with Crippen LogP contribution in [0.15, 0.2) is 24.3 Å². The average molecular weight is 348 g/mol. The molecule has 3 N–H and O–H groups in total. The predicted octanol–water partition coefficient (Wildman–Crippen LogP) is 2.45. The number of carbonyl (C=O) groups is 1. The molecule has 1 saturated carbocycles. The van der Waals surface area contributed by atoms with E-state index >= 15 is 0 Å². The van der Waals surface area contributed by atoms with Gasteiger partial charge in [-0.05, 0) is 57.5 Å². The molecule has 2 rings (SSSR count). The molecule has 6 heteroatoms. The molecule has 0 aliphatic heterocycles. The highest BCUT2D eigenvalue weighted by molar-refractivity contribution is 5.94. The number of nitrogens with zero attached hydrogens (tertiary/aromatic N) is 1. The lowest BCUT2D eigenvalue weighted by Crippen LogP contribution is -2.53. The summed E-state index contributed by atoms with van der Waals surface area (Å²) in [6.07, 6.45) is 2.32. The third kappa shape index (κ3) is 5.43. The summed E-state index contributed by atoms with van der Waals surface area (Å²) in [5.74, 6) is 0.506. The van der Waals surface area contributed by atoms with Gasteiger partial charge in [-0.1, -0.05) is 12.1 Å². The van der Waals surface area contributed by atoms with E-state index in [2.05, 4.69) is 10.2 Å². The number of halogens is 2. The van der Waals surface area contributed by atoms with Crippen LogP contribution in [0.25, 0.3) is 0 Å². The second-order valence-electron chi connectivity index (χ2n) is 6.29. The van der Waals surface area contributed by atoms with E-state index in [1.807, 2.05) is 45.3 Å². The predicted molar refractivity (Wildman–Crippen MR) is 96.0 cm³/mol. The quantitative estimate of drug-likeness (QED) is 0.830. The van der Waals surface area contributed by atoms with Crippen LogP contribution in [0.4, 0.5) is 0 Å². The topological polar surface area (TPSA) is 58.4 Å². The van der Waals surface area contributed by atoms with Crippen LogP contribution in [0.5, 0.6) is 0 Å². The van der Waals surface area contributed by atoms with Crippen LogP contribution in [-0.2, 0) is 6.54 Å². The van der Waals surface area contributed by atoms with Crippen LogP contribution in [0.2, 0.25) is 0 Å². The van der Waals surface area contributed by atoms with Crippen molar-refractivity contribution in [1.82, 2.24) is 10.2 Å². The van der Waals surface area contributed by atoms with E-state index in [1.165, 1.54) is 0 Å². The molecule has 0 radical (unpaired) electrons. The van der Waals surface area contributed by atoms with E-state index in [1.54, 1.807) is 0 Å². The number of nitrogens with two attached hydrogens (primary N) is 1. The number of hydrogen-bond donors (Lipinski definition) is 2. The Morgan fingerprint density at radius 2 is 2.00 bits per heavy atom. The molecule has 1 fully saturated rings. The maximum absolute atomic E-state index is 12.4. The highest BCUT2D eigenvalue weighted by atomic mass is 35.5. The van der Waals surface area contributed by atoms with Gasteiger partial charge in [-0.15, -0.1) is 24.8 Å². The molecule has 0 heterocycles. The summed E-state index contributed by atoms with van der Waals surface area (Å²) in [5.41, 5.74) is 7.43. The number of carbonyl (C=O) groups excluding carboxylic acids is 1. The summed E-state index contributed by atoms with van der Waals surface area (Å²) >= 11 is 0. The molecule has 0 spiro atoms. The molecule has 1 amide bonds. The van der Waals surface area contributed by atoms with Gasteiger partial charge in [-0.3, -0.25) is 4.79 Å². The van der Waals surface area contributed by atoms with Gasteiger partial charge < -0.3 is 16.0 Å². The van der Waals surface area contributed by atoms with Crippen LogP contribution in [0.3, 0.4) is 0 Å². The minimum atomic E-state index is -0.269. The molecule has 1 aliphatic rings. The Kier molecular flexibility index (Phi) is 8.40. The minimum absolute atomic E-state index is 0. The van der Waals surface area contributed by atoms with Gasteiger partial charge in [0, 0.05) is 18.7 Å². The van der Waals surface area contributed by atoms with Gasteiger partial charge >= 0.3 is 0 Å². The molecule has 126 valence electrons. The van der Waals surface area contributed by atoms with Crippen molar-refractivity contribution in [3.8, 4) is 0 Å². The molecule has 1 unspecified atom stereocenters. The number of amides is 1. The summed E-state index contributed by atoms with van der Waals surface area (Å²) in [6.45, 7) is 3.37. The van der Waals surface area contributed by atoms with Crippen LogP contribution in [0.1, 0.15) is 35.7 Å². The van der Waals surface area contributed by atoms with Gasteiger partial charge in [0.1, 0.15) is 0 Å². The van der Waals surface area contributed by atoms with Gasteiger partial charge in [-0.2, -0.15) is 0 Å². The normalized spacial score (nSPS) is 16.2. The Labute approximate surface area is 145 Å². The highest BCUT2D eigenvalue weighted by Crippen LogP contribution is 2.39. The maximum Gasteiger partial charge on any atom is 0.251 e. The fourth-order valence-corrected chi connectivity index (χ4v) is 2.55. The van der Waals surface area contributed by atoms with Gasteiger partial charge in [-0.25, -0.2) is 0 Å². The van der Waals surface area contributed by atoms with Crippen molar-refractivity contribution in [2.45, 2.75) is 31.8 Å². The molecule has 1 aromatic carbocycles. The van der Waals surface area contributed by atoms with Crippen molar-refractivity contribution in [1.29, 1.82) is 0 Å². The molecular weight excluding hydrogens is 321 g/mol. The molecule has 0 saturated heterocycles. The second kappa shape index (κ2) is 8.73. The third-order valence-corrected chi connectivity index (χ3v) is 3.99. The summed E-state index contributed by atoms with van der Waals surface area (Å²) in [6, 6.07) is 7.79. The van der Waals surface area contributed by atoms with Crippen LogP contribution in [0, 0.1) is 5.92 Å². The first-order valence-corrected chi connectivity index (χ1v) is 7.21. The zero-order chi connectivity index (χ0) is 14.8. The number of benzene rings is 1. The van der Waals surface area contributed by atoms with E-state index in [0.29, 0.717) is 18.0 Å². The molecule has 1 aromatic rings. The largest absolute Gasteiger partial charge is 0.345 e. The maximum atomic E-state index is 12.4. The van der Waals surface area contributed by atoms with Gasteiger partial charge in [0.25, 0.3) is 5.91 Å². The van der Waals surface area contributed by atoms with Crippen molar-refractivity contribution >= 4 is 30.7 Å². The van der Waals surface area contributed by atoms with Crippen molar-refractivity contribution in [2.75, 3.05) is 20.6 Å². The number of hydrogen-bond acceptors (Lipinski definition) is 3. The molecule has 0 aromatic heterocycles. The van der Waals surface area contributed by atoms with Gasteiger partial charge in [0.2, 0.25) is 0 Å². The first-order chi connectivity index (χ1) is 9.44. The summed E-state index contributed by atoms with van der Waals surface area (Å²) in [4.78, 5) is 14.5. The summed E-state index contributed by atoms with van der Waals surface area (Å²) in [5, 5.41) is 3.12. The Hall–Kier alpha value is -0.810. The smallest absolute Gasteiger partial charge is 0.251 e. The molecule has 1 atom stereocenters. The van der Waals surface area contributed by atoms with Crippen molar-refractivity contribution in [3.05, 3.63) is 35.4 Å². The standard InChI is InChI=1S/C16H25N3O.2ClH/c1-16(11-17,14-7-8-14)18-15(20)13-6-4-5-12(9-13)10-19(2)3;;/h4-6,9,14H,7-8,10-11,17H2,1-3H3,(H,18,20);2*1H. The Morgan fingerprint density at radius 1 is 1.36 bits per heavy atom. The van der Waals surface area contributed by atoms with Crippen LogP contribution in [-0.4, -0.2) is 37.0 Å². The van der Waals surface area contributed by atoms with Gasteiger partial charge in [0.05, 0.1) is 5.54 Å². The fraction of sp³-hybridized carbons (Fsp3) is 0.562. The SMILES string of the molecule is CN(C)Cc1cccc(C(=O)NC(C)(CN)C2CC2)c1.Cl.Cl. The minimum Gasteiger partial charge on any atom is -0.345 e. The Balaban J connectivity index is 0.00000220. The van der Waals surface area contributed by atoms with Crippen molar-refractivity contribution in [2.24, 2.45) is 11.7 Å². The van der Waals surface area contributed by atoms with Crippen molar-refractivity contribution < 1.29 is 4.79 Å². The third-order valence-electron chi connectivity index (χ3n) is 3.99. The molecule has 4 nitrogen and oxygen atoms in total. The van der Waals surface area contributed by atoms with E-state index < -0.39 is 0 Å². The molecular formula is C16H27Cl2N3O. The van der Waals surface area contributed by atoms with E-state index in [4.69, 9.17) is 5.73 Å². The number of rotatable bonds is 6. The van der Waals surface area contributed by atoms with E-state index in [-0.39, 0.29) is 36.3 Å². The van der Waals surface area contributed by atoms with Crippen molar-refractivity contribution in [3.63, 3.8) is 0 Å². The zero-order valence-corrected chi connectivity index (χ0v) is 15.1. The Bertz CT molecular complexity index is 492. The molecule has 1 aliphatic carbocycles. The molecule has 22 heavy (non-hydrogen) atoms. The van der Waals surface area contributed by atoms with Crippen LogP contribution < -0.4 is 11.1 Å². The monoisotopic (exact) mass is 347 g/mol. The fourth-order valence-electron chi connectivity index (χ4n) is 2.55. The lowest BCUT2D eigenvalue weighted by atomic mass is 9.95.